The highest BCUT2D eigenvalue weighted by molar-refractivity contribution is 7.10. The van der Waals surface area contributed by atoms with Crippen molar-refractivity contribution in [2.24, 2.45) is 0 Å². The monoisotopic (exact) mass is 497 g/mol. The van der Waals surface area contributed by atoms with Crippen molar-refractivity contribution in [2.45, 2.75) is 31.4 Å². The SMILES string of the molecule is CN1CCC(c2nc(Nc3ncc(C(F)(F)F)c(NCCCN4CC=COC4=O)n3)cs2)CC1. The summed E-state index contributed by atoms with van der Waals surface area (Å²) in [4.78, 5) is 27.9. The van der Waals surface area contributed by atoms with Gasteiger partial charge in [0.1, 0.15) is 17.2 Å². The number of alkyl halides is 3. The molecule has 13 heteroatoms. The fraction of sp³-hybridized carbons (Fsp3) is 0.524. The first-order valence-electron chi connectivity index (χ1n) is 11.0. The van der Waals surface area contributed by atoms with Gasteiger partial charge in [0.25, 0.3) is 0 Å². The number of likely N-dealkylation sites (tertiary alicyclic amines) is 1. The van der Waals surface area contributed by atoms with Gasteiger partial charge in [0.15, 0.2) is 0 Å². The van der Waals surface area contributed by atoms with Crippen molar-refractivity contribution in [1.82, 2.24) is 24.8 Å². The maximum atomic E-state index is 13.5. The largest absolute Gasteiger partial charge is 0.421 e. The minimum Gasteiger partial charge on any atom is -0.418 e. The number of nitrogens with zero attached hydrogens (tertiary/aromatic N) is 5. The summed E-state index contributed by atoms with van der Waals surface area (Å²) in [7, 11) is 2.09. The van der Waals surface area contributed by atoms with Crippen LogP contribution in [-0.4, -0.2) is 70.6 Å². The molecular formula is C21H26F3N7O2S. The smallest absolute Gasteiger partial charge is 0.418 e. The van der Waals surface area contributed by atoms with E-state index in [1.807, 2.05) is 5.38 Å². The van der Waals surface area contributed by atoms with E-state index in [9.17, 15) is 18.0 Å². The van der Waals surface area contributed by atoms with E-state index < -0.39 is 17.8 Å². The third-order valence-corrected chi connectivity index (χ3v) is 6.68. The summed E-state index contributed by atoms with van der Waals surface area (Å²) in [6, 6.07) is 0. The highest BCUT2D eigenvalue weighted by atomic mass is 32.1. The number of nitrogens with one attached hydrogen (secondary N) is 2. The van der Waals surface area contributed by atoms with E-state index >= 15 is 0 Å². The Balaban J connectivity index is 1.39. The maximum absolute atomic E-state index is 13.5. The van der Waals surface area contributed by atoms with E-state index in [1.54, 1.807) is 6.08 Å². The van der Waals surface area contributed by atoms with Gasteiger partial charge in [-0.15, -0.1) is 11.3 Å². The molecule has 4 rings (SSSR count). The molecule has 1 fully saturated rings. The lowest BCUT2D eigenvalue weighted by Gasteiger charge is -2.27. The number of carbonyl (C=O) groups is 1. The Morgan fingerprint density at radius 1 is 1.26 bits per heavy atom. The molecule has 0 bridgehead atoms. The number of hydrogen-bond acceptors (Lipinski definition) is 9. The lowest BCUT2D eigenvalue weighted by Crippen LogP contribution is -2.34. The summed E-state index contributed by atoms with van der Waals surface area (Å²) in [5.74, 6) is 0.605. The number of cyclic esters (lactones) is 1. The second-order valence-electron chi connectivity index (χ2n) is 8.21. The summed E-state index contributed by atoms with van der Waals surface area (Å²) >= 11 is 1.53. The van der Waals surface area contributed by atoms with Gasteiger partial charge in [-0.05, 0) is 45.5 Å². The summed E-state index contributed by atoms with van der Waals surface area (Å²) < 4.78 is 45.2. The first-order valence-corrected chi connectivity index (χ1v) is 11.9. The fourth-order valence-electron chi connectivity index (χ4n) is 3.77. The maximum Gasteiger partial charge on any atom is 0.421 e. The predicted octanol–water partition coefficient (Wildman–Crippen LogP) is 4.27. The van der Waals surface area contributed by atoms with Crippen LogP contribution < -0.4 is 10.6 Å². The van der Waals surface area contributed by atoms with Gasteiger partial charge in [0.2, 0.25) is 5.95 Å². The van der Waals surface area contributed by atoms with Gasteiger partial charge in [-0.2, -0.15) is 18.2 Å². The molecule has 0 saturated carbocycles. The van der Waals surface area contributed by atoms with Crippen LogP contribution in [0.4, 0.5) is 35.5 Å². The third kappa shape index (κ3) is 6.14. The number of anilines is 3. The van der Waals surface area contributed by atoms with Crippen molar-refractivity contribution >= 4 is 35.0 Å². The minimum absolute atomic E-state index is 0.0282. The normalized spacial score (nSPS) is 17.6. The van der Waals surface area contributed by atoms with E-state index in [4.69, 9.17) is 4.74 Å². The first kappa shape index (κ1) is 24.2. The third-order valence-electron chi connectivity index (χ3n) is 5.67. The highest BCUT2D eigenvalue weighted by Crippen LogP contribution is 2.35. The van der Waals surface area contributed by atoms with Gasteiger partial charge < -0.3 is 25.2 Å². The van der Waals surface area contributed by atoms with Gasteiger partial charge in [-0.25, -0.2) is 14.8 Å². The summed E-state index contributed by atoms with van der Waals surface area (Å²) in [5, 5.41) is 8.49. The van der Waals surface area contributed by atoms with Crippen molar-refractivity contribution in [2.75, 3.05) is 50.4 Å². The van der Waals surface area contributed by atoms with Crippen LogP contribution in [-0.2, 0) is 10.9 Å². The number of thiazole rings is 1. The summed E-state index contributed by atoms with van der Waals surface area (Å²) in [6.07, 6.45) is 1.16. The lowest BCUT2D eigenvalue weighted by atomic mass is 9.98. The Labute approximate surface area is 199 Å². The topological polar surface area (TPSA) is 95.5 Å². The van der Waals surface area contributed by atoms with Crippen molar-refractivity contribution in [3.05, 3.63) is 34.5 Å². The summed E-state index contributed by atoms with van der Waals surface area (Å²) in [6.45, 7) is 2.96. The van der Waals surface area contributed by atoms with E-state index in [1.165, 1.54) is 22.5 Å². The van der Waals surface area contributed by atoms with Crippen LogP contribution in [0.15, 0.2) is 23.9 Å². The number of carbonyl (C=O) groups excluding carboxylic acids is 1. The van der Waals surface area contributed by atoms with Gasteiger partial charge in [-0.3, -0.25) is 0 Å². The minimum atomic E-state index is -4.61. The summed E-state index contributed by atoms with van der Waals surface area (Å²) in [5.41, 5.74) is -0.955. The Hall–Kier alpha value is -2.93. The lowest BCUT2D eigenvalue weighted by molar-refractivity contribution is -0.137. The molecule has 2 N–H and O–H groups in total. The van der Waals surface area contributed by atoms with Crippen LogP contribution in [0.5, 0.6) is 0 Å². The molecule has 2 aromatic rings. The molecular weight excluding hydrogens is 471 g/mol. The number of piperidine rings is 1. The zero-order chi connectivity index (χ0) is 24.1. The molecule has 0 spiro atoms. The Bertz CT molecular complexity index is 1020. The second-order valence-corrected chi connectivity index (χ2v) is 9.10. The van der Waals surface area contributed by atoms with Crippen LogP contribution in [0, 0.1) is 0 Å². The fourth-order valence-corrected chi connectivity index (χ4v) is 4.70. The Kier molecular flexibility index (Phi) is 7.51. The molecule has 2 aromatic heterocycles. The van der Waals surface area contributed by atoms with Gasteiger partial charge in [-0.1, -0.05) is 0 Å². The van der Waals surface area contributed by atoms with Crippen LogP contribution >= 0.6 is 11.3 Å². The van der Waals surface area contributed by atoms with Crippen LogP contribution in [0.2, 0.25) is 0 Å². The second kappa shape index (κ2) is 10.6. The number of amides is 1. The zero-order valence-corrected chi connectivity index (χ0v) is 19.5. The average molecular weight is 498 g/mol. The molecule has 0 aromatic carbocycles. The molecule has 0 radical (unpaired) electrons. The molecule has 0 aliphatic carbocycles. The van der Waals surface area contributed by atoms with Crippen molar-refractivity contribution in [3.63, 3.8) is 0 Å². The molecule has 9 nitrogen and oxygen atoms in total. The van der Waals surface area contributed by atoms with Crippen LogP contribution in [0.1, 0.15) is 35.8 Å². The van der Waals surface area contributed by atoms with E-state index in [0.29, 0.717) is 31.2 Å². The number of halogens is 3. The average Bonchev–Trinajstić information content (AvgIpc) is 3.26. The molecule has 1 amide bonds. The predicted molar refractivity (Wildman–Crippen MR) is 122 cm³/mol. The molecule has 2 aliphatic heterocycles. The molecule has 0 atom stereocenters. The number of hydrogen-bond donors (Lipinski definition) is 2. The molecule has 1 saturated heterocycles. The van der Waals surface area contributed by atoms with Crippen LogP contribution in [0.3, 0.4) is 0 Å². The molecule has 34 heavy (non-hydrogen) atoms. The van der Waals surface area contributed by atoms with Gasteiger partial charge in [0.05, 0.1) is 11.3 Å². The first-order chi connectivity index (χ1) is 16.3. The zero-order valence-electron chi connectivity index (χ0n) is 18.6. The van der Waals surface area contributed by atoms with Gasteiger partial charge in [0, 0.05) is 37.1 Å². The molecule has 184 valence electrons. The van der Waals surface area contributed by atoms with Gasteiger partial charge >= 0.3 is 12.3 Å². The number of aromatic nitrogens is 3. The quantitative estimate of drug-likeness (QED) is 0.522. The van der Waals surface area contributed by atoms with Crippen LogP contribution in [0.25, 0.3) is 0 Å². The van der Waals surface area contributed by atoms with E-state index in [-0.39, 0.29) is 18.3 Å². The Morgan fingerprint density at radius 3 is 2.79 bits per heavy atom. The standard InChI is InChI=1S/C21H26F3N7O2S/c1-30-9-4-14(5-10-30)18-27-16(13-34-18)28-19-26-12-15(21(22,23)24)17(29-19)25-6-2-7-31-8-3-11-33-20(31)32/h3,11-14H,2,4-10H2,1H3,(H2,25,26,28,29). The highest BCUT2D eigenvalue weighted by Gasteiger charge is 2.35. The van der Waals surface area contributed by atoms with Crippen molar-refractivity contribution in [3.8, 4) is 0 Å². The van der Waals surface area contributed by atoms with E-state index in [0.717, 1.165) is 37.1 Å². The Morgan fingerprint density at radius 2 is 2.06 bits per heavy atom. The number of ether oxygens (including phenoxy) is 1. The van der Waals surface area contributed by atoms with Crippen molar-refractivity contribution in [1.29, 1.82) is 0 Å². The molecule has 4 heterocycles. The van der Waals surface area contributed by atoms with E-state index in [2.05, 4.69) is 37.5 Å². The number of rotatable bonds is 8. The molecule has 0 unspecified atom stereocenters. The van der Waals surface area contributed by atoms with Crippen molar-refractivity contribution < 1.29 is 22.7 Å². The molecule has 2 aliphatic rings.